The molecule has 0 saturated heterocycles. The van der Waals surface area contributed by atoms with Crippen LogP contribution < -0.4 is 4.80 Å². The van der Waals surface area contributed by atoms with Crippen molar-refractivity contribution < 1.29 is 4.79 Å². The van der Waals surface area contributed by atoms with E-state index in [0.29, 0.717) is 0 Å². The van der Waals surface area contributed by atoms with E-state index in [4.69, 9.17) is 0 Å². The number of carbonyl (C=O) groups is 1. The van der Waals surface area contributed by atoms with Gasteiger partial charge in [0.1, 0.15) is 0 Å². The van der Waals surface area contributed by atoms with Crippen molar-refractivity contribution in [3.8, 4) is 11.3 Å². The second kappa shape index (κ2) is 5.53. The summed E-state index contributed by atoms with van der Waals surface area (Å²) < 4.78 is 2.14. The predicted molar refractivity (Wildman–Crippen MR) is 79.1 cm³/mol. The van der Waals surface area contributed by atoms with Crippen LogP contribution in [-0.2, 0) is 4.79 Å². The van der Waals surface area contributed by atoms with Gasteiger partial charge in [-0.3, -0.25) is 4.79 Å². The van der Waals surface area contributed by atoms with E-state index in [1.54, 1.807) is 11.3 Å². The van der Waals surface area contributed by atoms with Crippen LogP contribution in [0.15, 0.2) is 35.3 Å². The second-order valence-corrected chi connectivity index (χ2v) is 5.93. The fourth-order valence-electron chi connectivity index (χ4n) is 2.13. The molecule has 19 heavy (non-hydrogen) atoms. The number of nitrogens with zero attached hydrogens (tertiary/aromatic N) is 2. The van der Waals surface area contributed by atoms with Crippen LogP contribution in [0.2, 0.25) is 0 Å². The van der Waals surface area contributed by atoms with E-state index < -0.39 is 0 Å². The summed E-state index contributed by atoms with van der Waals surface area (Å²) in [6.45, 7) is 7.78. The number of hydrogen-bond acceptors (Lipinski definition) is 2. The molecule has 2 rings (SSSR count). The van der Waals surface area contributed by atoms with Crippen molar-refractivity contribution in [3.05, 3.63) is 40.0 Å². The van der Waals surface area contributed by atoms with Crippen LogP contribution in [-0.4, -0.2) is 10.5 Å². The number of amides is 1. The molecule has 0 fully saturated rings. The topological polar surface area (TPSA) is 34.4 Å². The minimum Gasteiger partial charge on any atom is -0.314 e. The third-order valence-electron chi connectivity index (χ3n) is 2.84. The summed E-state index contributed by atoms with van der Waals surface area (Å²) in [6, 6.07) is 10.5. The lowest BCUT2D eigenvalue weighted by molar-refractivity contribution is -0.116. The van der Waals surface area contributed by atoms with Gasteiger partial charge in [0.2, 0.25) is 5.91 Å². The molecule has 0 N–H and O–H groups in total. The maximum atomic E-state index is 11.3. The molecule has 2 aromatic rings. The zero-order valence-corrected chi connectivity index (χ0v) is 12.5. The van der Waals surface area contributed by atoms with Gasteiger partial charge in [0.15, 0.2) is 4.80 Å². The maximum absolute atomic E-state index is 11.3. The van der Waals surface area contributed by atoms with Gasteiger partial charge >= 0.3 is 0 Å². The predicted octanol–water partition coefficient (Wildman–Crippen LogP) is 3.55. The van der Waals surface area contributed by atoms with Gasteiger partial charge in [-0.25, -0.2) is 0 Å². The molecule has 4 heteroatoms. The molecule has 0 bridgehead atoms. The van der Waals surface area contributed by atoms with Crippen LogP contribution in [0.25, 0.3) is 11.3 Å². The zero-order valence-electron chi connectivity index (χ0n) is 11.7. The molecule has 100 valence electrons. The number of carbonyl (C=O) groups excluding carboxylic acids is 1. The van der Waals surface area contributed by atoms with Gasteiger partial charge in [0.25, 0.3) is 0 Å². The first-order valence-corrected chi connectivity index (χ1v) is 7.15. The first-order valence-electron chi connectivity index (χ1n) is 6.33. The van der Waals surface area contributed by atoms with E-state index in [-0.39, 0.29) is 11.9 Å². The van der Waals surface area contributed by atoms with E-state index in [2.05, 4.69) is 42.5 Å². The molecule has 1 aromatic carbocycles. The summed E-state index contributed by atoms with van der Waals surface area (Å²) in [4.78, 5) is 17.4. The molecule has 3 nitrogen and oxygen atoms in total. The highest BCUT2D eigenvalue weighted by atomic mass is 32.1. The lowest BCUT2D eigenvalue weighted by Gasteiger charge is -2.13. The molecular formula is C15H18N2OS. The number of aryl methyl sites for hydroxylation is 1. The molecule has 0 aliphatic heterocycles. The summed E-state index contributed by atoms with van der Waals surface area (Å²) >= 11 is 1.57. The van der Waals surface area contributed by atoms with E-state index in [1.165, 1.54) is 11.8 Å². The van der Waals surface area contributed by atoms with E-state index >= 15 is 0 Å². The van der Waals surface area contributed by atoms with Gasteiger partial charge in [0, 0.05) is 17.8 Å². The van der Waals surface area contributed by atoms with Gasteiger partial charge < -0.3 is 4.57 Å². The molecule has 1 heterocycles. The SMILES string of the molecule is CC(=O)N=c1sc(C)c(-c2ccccc2)n1C(C)C. The minimum absolute atomic E-state index is 0.157. The molecule has 1 aromatic heterocycles. The fourth-order valence-corrected chi connectivity index (χ4v) is 3.29. The molecule has 1 amide bonds. The van der Waals surface area contributed by atoms with Crippen LogP contribution in [0, 0.1) is 6.92 Å². The van der Waals surface area contributed by atoms with Crippen molar-refractivity contribution >= 4 is 17.2 Å². The smallest absolute Gasteiger partial charge is 0.245 e. The number of aromatic nitrogens is 1. The van der Waals surface area contributed by atoms with Crippen molar-refractivity contribution in [2.24, 2.45) is 4.99 Å². The Morgan fingerprint density at radius 1 is 1.26 bits per heavy atom. The molecule has 0 aliphatic carbocycles. The third-order valence-corrected chi connectivity index (χ3v) is 3.81. The Hall–Kier alpha value is -1.68. The first-order chi connectivity index (χ1) is 9.00. The van der Waals surface area contributed by atoms with Crippen molar-refractivity contribution in [1.29, 1.82) is 0 Å². The highest BCUT2D eigenvalue weighted by Crippen LogP contribution is 2.27. The average Bonchev–Trinajstić information content (AvgIpc) is 2.66. The van der Waals surface area contributed by atoms with Gasteiger partial charge in [-0.05, 0) is 26.3 Å². The van der Waals surface area contributed by atoms with Crippen LogP contribution in [0.5, 0.6) is 0 Å². The number of benzene rings is 1. The first kappa shape index (κ1) is 13.7. The molecule has 0 radical (unpaired) electrons. The Labute approximate surface area is 117 Å². The monoisotopic (exact) mass is 274 g/mol. The standard InChI is InChI=1S/C15H18N2OS/c1-10(2)17-14(13-8-6-5-7-9-13)11(3)19-15(17)16-12(4)18/h5-10H,1-4H3. The molecular weight excluding hydrogens is 256 g/mol. The summed E-state index contributed by atoms with van der Waals surface area (Å²) in [5.74, 6) is -0.157. The highest BCUT2D eigenvalue weighted by Gasteiger charge is 2.14. The van der Waals surface area contributed by atoms with Gasteiger partial charge in [0.05, 0.1) is 5.69 Å². The highest BCUT2D eigenvalue weighted by molar-refractivity contribution is 7.09. The average molecular weight is 274 g/mol. The van der Waals surface area contributed by atoms with E-state index in [0.717, 1.165) is 16.1 Å². The Morgan fingerprint density at radius 2 is 1.89 bits per heavy atom. The molecule has 0 aliphatic rings. The number of thiazole rings is 1. The molecule has 0 spiro atoms. The number of rotatable bonds is 2. The zero-order chi connectivity index (χ0) is 14.0. The lowest BCUT2D eigenvalue weighted by atomic mass is 10.1. The molecule has 0 unspecified atom stereocenters. The fraction of sp³-hybridized carbons (Fsp3) is 0.333. The third kappa shape index (κ3) is 2.84. The van der Waals surface area contributed by atoms with Crippen LogP contribution >= 0.6 is 11.3 Å². The van der Waals surface area contributed by atoms with Crippen LogP contribution in [0.1, 0.15) is 31.7 Å². The van der Waals surface area contributed by atoms with Crippen molar-refractivity contribution in [2.45, 2.75) is 33.7 Å². The summed E-state index contributed by atoms with van der Waals surface area (Å²) in [7, 11) is 0. The lowest BCUT2D eigenvalue weighted by Crippen LogP contribution is -2.19. The Kier molecular flexibility index (Phi) is 4.00. The van der Waals surface area contributed by atoms with Crippen LogP contribution in [0.3, 0.4) is 0 Å². The Balaban J connectivity index is 2.75. The maximum Gasteiger partial charge on any atom is 0.245 e. The van der Waals surface area contributed by atoms with Crippen LogP contribution in [0.4, 0.5) is 0 Å². The van der Waals surface area contributed by atoms with E-state index in [9.17, 15) is 4.79 Å². The Morgan fingerprint density at radius 3 is 2.42 bits per heavy atom. The van der Waals surface area contributed by atoms with E-state index in [1.807, 2.05) is 18.2 Å². The normalized spacial score (nSPS) is 12.2. The second-order valence-electron chi connectivity index (χ2n) is 4.75. The van der Waals surface area contributed by atoms with Crippen molar-refractivity contribution in [3.63, 3.8) is 0 Å². The molecule has 0 atom stereocenters. The van der Waals surface area contributed by atoms with Gasteiger partial charge in [-0.1, -0.05) is 30.3 Å². The van der Waals surface area contributed by atoms with Gasteiger partial charge in [-0.2, -0.15) is 4.99 Å². The number of hydrogen-bond donors (Lipinski definition) is 0. The molecule has 0 saturated carbocycles. The minimum atomic E-state index is -0.157. The largest absolute Gasteiger partial charge is 0.314 e. The summed E-state index contributed by atoms with van der Waals surface area (Å²) in [5, 5.41) is 0. The summed E-state index contributed by atoms with van der Waals surface area (Å²) in [5.41, 5.74) is 2.32. The van der Waals surface area contributed by atoms with Crippen molar-refractivity contribution in [1.82, 2.24) is 4.57 Å². The van der Waals surface area contributed by atoms with Gasteiger partial charge in [-0.15, -0.1) is 11.3 Å². The van der Waals surface area contributed by atoms with Crippen molar-refractivity contribution in [2.75, 3.05) is 0 Å². The quantitative estimate of drug-likeness (QED) is 0.824. The Bertz CT molecular complexity index is 651. The summed E-state index contributed by atoms with van der Waals surface area (Å²) in [6.07, 6.45) is 0.